The Hall–Kier alpha value is -4.40. The van der Waals surface area contributed by atoms with E-state index in [0.717, 1.165) is 12.1 Å². The summed E-state index contributed by atoms with van der Waals surface area (Å²) in [6.45, 7) is 4.92. The van der Waals surface area contributed by atoms with E-state index in [1.807, 2.05) is 0 Å². The van der Waals surface area contributed by atoms with Crippen LogP contribution >= 0.6 is 0 Å². The molecule has 0 radical (unpaired) electrons. The van der Waals surface area contributed by atoms with E-state index in [1.165, 1.54) is 45.4 Å². The Bertz CT molecular complexity index is 1350. The Morgan fingerprint density at radius 3 is 2.40 bits per heavy atom. The number of rotatable bonds is 10. The number of hydrogen-bond donors (Lipinski definition) is 1. The molecule has 1 saturated heterocycles. The van der Waals surface area contributed by atoms with E-state index in [9.17, 15) is 32.3 Å². The highest BCUT2D eigenvalue weighted by Crippen LogP contribution is 2.31. The first kappa shape index (κ1) is 35.1. The fraction of sp³-hybridized carbons (Fsp3) is 0.500. The molecule has 0 aliphatic carbocycles. The molecule has 1 aliphatic rings. The molecule has 1 N–H and O–H groups in total. The zero-order valence-corrected chi connectivity index (χ0v) is 25.3. The standard InChI is InChI=1S/C30H35F3N2O10/c1-16(2)28(38)45-25-17(3)44-29(39)22(14-41-13-20(25)12-19-6-8-21(9-7-19)30(31,32)33)35-27(37)24-26(43-15-42-18(4)36)23(40-5)10-11-34-24/h6-11,16-17,20,22,25H,12-15H2,1-5H3,(H,35,37). The van der Waals surface area contributed by atoms with E-state index in [4.69, 9.17) is 28.4 Å². The van der Waals surface area contributed by atoms with Crippen molar-refractivity contribution in [1.82, 2.24) is 10.3 Å². The number of esters is 3. The number of hydrogen-bond acceptors (Lipinski definition) is 11. The van der Waals surface area contributed by atoms with Gasteiger partial charge in [-0.1, -0.05) is 26.0 Å². The highest BCUT2D eigenvalue weighted by atomic mass is 19.4. The molecule has 0 spiro atoms. The third-order valence-electron chi connectivity index (χ3n) is 6.71. The SMILES string of the molecule is COc1ccnc(C(=O)NC2COCC(Cc3ccc(C(F)(F)F)cc3)C(OC(=O)C(C)C)C(C)OC2=O)c1OCOC(C)=O. The number of pyridine rings is 1. The zero-order valence-electron chi connectivity index (χ0n) is 25.3. The Labute approximate surface area is 257 Å². The second kappa shape index (κ2) is 15.5. The smallest absolute Gasteiger partial charge is 0.416 e. The van der Waals surface area contributed by atoms with Gasteiger partial charge < -0.3 is 33.7 Å². The number of carbonyl (C=O) groups is 4. The predicted octanol–water partition coefficient (Wildman–Crippen LogP) is 3.50. The van der Waals surface area contributed by atoms with E-state index in [2.05, 4.69) is 10.3 Å². The van der Waals surface area contributed by atoms with Crippen molar-refractivity contribution in [3.8, 4) is 11.5 Å². The molecule has 0 saturated carbocycles. The van der Waals surface area contributed by atoms with Crippen LogP contribution < -0.4 is 14.8 Å². The Balaban J connectivity index is 1.84. The molecule has 1 fully saturated rings. The molecular weight excluding hydrogens is 605 g/mol. The Kier molecular flexibility index (Phi) is 12.1. The van der Waals surface area contributed by atoms with Gasteiger partial charge >= 0.3 is 24.1 Å². The van der Waals surface area contributed by atoms with Crippen LogP contribution in [0.5, 0.6) is 11.5 Å². The van der Waals surface area contributed by atoms with Gasteiger partial charge in [-0.3, -0.25) is 14.4 Å². The molecule has 12 nitrogen and oxygen atoms in total. The number of ether oxygens (including phenoxy) is 6. The van der Waals surface area contributed by atoms with Crippen LogP contribution in [0.3, 0.4) is 0 Å². The molecule has 1 aromatic carbocycles. The average Bonchev–Trinajstić information content (AvgIpc) is 3.02. The highest BCUT2D eigenvalue weighted by Gasteiger charge is 2.38. The quantitative estimate of drug-likeness (QED) is 0.231. The molecule has 15 heteroatoms. The third kappa shape index (κ3) is 9.80. The molecule has 1 amide bonds. The first-order valence-corrected chi connectivity index (χ1v) is 14.0. The summed E-state index contributed by atoms with van der Waals surface area (Å²) in [5, 5.41) is 2.49. The minimum absolute atomic E-state index is 0.0986. The van der Waals surface area contributed by atoms with Crippen LogP contribution in [0.1, 0.15) is 49.3 Å². The molecule has 2 heterocycles. The summed E-state index contributed by atoms with van der Waals surface area (Å²) in [4.78, 5) is 54.2. The zero-order chi connectivity index (χ0) is 33.3. The van der Waals surface area contributed by atoms with Crippen molar-refractivity contribution in [3.63, 3.8) is 0 Å². The lowest BCUT2D eigenvalue weighted by Crippen LogP contribution is -2.47. The number of alkyl halides is 3. The molecule has 1 aromatic heterocycles. The summed E-state index contributed by atoms with van der Waals surface area (Å²) in [6, 6.07) is 4.60. The average molecular weight is 641 g/mol. The van der Waals surface area contributed by atoms with Gasteiger partial charge in [0.2, 0.25) is 6.79 Å². The van der Waals surface area contributed by atoms with Gasteiger partial charge in [0.1, 0.15) is 12.2 Å². The lowest BCUT2D eigenvalue weighted by atomic mass is 9.91. The lowest BCUT2D eigenvalue weighted by molar-refractivity contribution is -0.173. The van der Waals surface area contributed by atoms with Crippen LogP contribution in [-0.4, -0.2) is 74.2 Å². The van der Waals surface area contributed by atoms with E-state index < -0.39 is 72.4 Å². The summed E-state index contributed by atoms with van der Waals surface area (Å²) in [7, 11) is 1.32. The van der Waals surface area contributed by atoms with Crippen molar-refractivity contribution in [2.24, 2.45) is 11.8 Å². The summed E-state index contributed by atoms with van der Waals surface area (Å²) in [5.74, 6) is -4.18. The second-order valence-corrected chi connectivity index (χ2v) is 10.5. The predicted molar refractivity (Wildman–Crippen MR) is 149 cm³/mol. The van der Waals surface area contributed by atoms with E-state index >= 15 is 0 Å². The number of amides is 1. The minimum atomic E-state index is -4.51. The first-order valence-electron chi connectivity index (χ1n) is 14.0. The highest BCUT2D eigenvalue weighted by molar-refractivity contribution is 5.98. The molecule has 4 unspecified atom stereocenters. The van der Waals surface area contributed by atoms with Crippen LogP contribution in [0.15, 0.2) is 36.5 Å². The molecule has 2 aromatic rings. The molecule has 1 aliphatic heterocycles. The van der Waals surface area contributed by atoms with Crippen LogP contribution in [0.4, 0.5) is 13.2 Å². The fourth-order valence-corrected chi connectivity index (χ4v) is 4.38. The topological polar surface area (TPSA) is 149 Å². The van der Waals surface area contributed by atoms with Gasteiger partial charge in [0.25, 0.3) is 5.91 Å². The number of methoxy groups -OCH3 is 1. The fourth-order valence-electron chi connectivity index (χ4n) is 4.38. The second-order valence-electron chi connectivity index (χ2n) is 10.5. The molecular formula is C30H35F3N2O10. The van der Waals surface area contributed by atoms with Crippen LogP contribution in [-0.2, 0) is 45.9 Å². The van der Waals surface area contributed by atoms with Crippen molar-refractivity contribution in [3.05, 3.63) is 53.3 Å². The van der Waals surface area contributed by atoms with Crippen LogP contribution in [0, 0.1) is 11.8 Å². The van der Waals surface area contributed by atoms with Gasteiger partial charge in [0.15, 0.2) is 23.2 Å². The van der Waals surface area contributed by atoms with Crippen molar-refractivity contribution in [2.45, 2.75) is 58.5 Å². The van der Waals surface area contributed by atoms with Crippen molar-refractivity contribution < 1.29 is 60.8 Å². The number of benzene rings is 1. The molecule has 0 bridgehead atoms. The maximum Gasteiger partial charge on any atom is 0.416 e. The molecule has 45 heavy (non-hydrogen) atoms. The maximum atomic E-state index is 13.3. The molecule has 246 valence electrons. The van der Waals surface area contributed by atoms with Gasteiger partial charge in [-0.25, -0.2) is 9.78 Å². The van der Waals surface area contributed by atoms with Gasteiger partial charge in [-0.05, 0) is 31.0 Å². The Morgan fingerprint density at radius 1 is 1.11 bits per heavy atom. The normalized spacial score (nSPS) is 20.6. The van der Waals surface area contributed by atoms with Crippen LogP contribution in [0.2, 0.25) is 0 Å². The van der Waals surface area contributed by atoms with Gasteiger partial charge in [-0.2, -0.15) is 13.2 Å². The molecule has 3 rings (SSSR count). The maximum absolute atomic E-state index is 13.3. The van der Waals surface area contributed by atoms with Crippen molar-refractivity contribution >= 4 is 23.8 Å². The van der Waals surface area contributed by atoms with E-state index in [-0.39, 0.29) is 36.8 Å². The summed E-state index contributed by atoms with van der Waals surface area (Å²) >= 11 is 0. The summed E-state index contributed by atoms with van der Waals surface area (Å²) in [5.41, 5.74) is -0.590. The number of nitrogens with one attached hydrogen (secondary N) is 1. The number of carbonyl (C=O) groups excluding carboxylic acids is 4. The monoisotopic (exact) mass is 640 g/mol. The largest absolute Gasteiger partial charge is 0.493 e. The van der Waals surface area contributed by atoms with Gasteiger partial charge in [0, 0.05) is 25.1 Å². The van der Waals surface area contributed by atoms with Gasteiger partial charge in [-0.15, -0.1) is 0 Å². The van der Waals surface area contributed by atoms with Crippen molar-refractivity contribution in [2.75, 3.05) is 27.1 Å². The van der Waals surface area contributed by atoms with Crippen molar-refractivity contribution in [1.29, 1.82) is 0 Å². The first-order chi connectivity index (χ1) is 21.2. The Morgan fingerprint density at radius 2 is 1.80 bits per heavy atom. The van der Waals surface area contributed by atoms with E-state index in [0.29, 0.717) is 5.56 Å². The number of halogens is 3. The molecule has 4 atom stereocenters. The third-order valence-corrected chi connectivity index (χ3v) is 6.71. The minimum Gasteiger partial charge on any atom is -0.493 e. The summed E-state index contributed by atoms with van der Waals surface area (Å²) < 4.78 is 71.8. The number of cyclic esters (lactones) is 1. The summed E-state index contributed by atoms with van der Waals surface area (Å²) in [6.07, 6.45) is -5.16. The van der Waals surface area contributed by atoms with Crippen LogP contribution in [0.25, 0.3) is 0 Å². The van der Waals surface area contributed by atoms with Gasteiger partial charge in [0.05, 0.1) is 31.8 Å². The number of aromatic nitrogens is 1. The van der Waals surface area contributed by atoms with E-state index in [1.54, 1.807) is 13.8 Å². The number of nitrogens with zero attached hydrogens (tertiary/aromatic N) is 1. The lowest BCUT2D eigenvalue weighted by Gasteiger charge is -2.31.